The fraction of sp³-hybridized carbons (Fsp3) is 0.444. The Kier molecular flexibility index (Phi) is 3.36. The van der Waals surface area contributed by atoms with E-state index >= 15 is 0 Å². The molecule has 0 unspecified atom stereocenters. The van der Waals surface area contributed by atoms with E-state index in [0.29, 0.717) is 11.8 Å². The Morgan fingerprint density at radius 2 is 1.96 bits per heavy atom. The highest BCUT2D eigenvalue weighted by Gasteiger charge is 2.25. The van der Waals surface area contributed by atoms with Crippen molar-refractivity contribution in [2.45, 2.75) is 20.3 Å². The highest BCUT2D eigenvalue weighted by atomic mass is 16.5. The van der Waals surface area contributed by atoms with E-state index < -0.39 is 0 Å². The number of methoxy groups -OCH3 is 1. The molecule has 0 radical (unpaired) electrons. The van der Waals surface area contributed by atoms with Crippen molar-refractivity contribution >= 4 is 27.8 Å². The zero-order chi connectivity index (χ0) is 16.0. The Bertz CT molecular complexity index is 847. The molecule has 0 saturated carbocycles. The van der Waals surface area contributed by atoms with Crippen LogP contribution in [0.15, 0.2) is 24.5 Å². The predicted molar refractivity (Wildman–Crippen MR) is 93.1 cm³/mol. The van der Waals surface area contributed by atoms with Gasteiger partial charge in [0.1, 0.15) is 23.1 Å². The first kappa shape index (κ1) is 14.3. The molecule has 2 atom stereocenters. The summed E-state index contributed by atoms with van der Waals surface area (Å²) in [5, 5.41) is 1.08. The molecule has 0 bridgehead atoms. The van der Waals surface area contributed by atoms with Crippen molar-refractivity contribution in [2.75, 3.05) is 25.1 Å². The molecule has 4 rings (SSSR count). The van der Waals surface area contributed by atoms with E-state index in [4.69, 9.17) is 4.74 Å². The van der Waals surface area contributed by atoms with Gasteiger partial charge in [0.2, 0.25) is 0 Å². The van der Waals surface area contributed by atoms with Gasteiger partial charge in [-0.2, -0.15) is 0 Å². The second-order valence-corrected chi connectivity index (χ2v) is 6.81. The minimum absolute atomic E-state index is 0.688. The van der Waals surface area contributed by atoms with E-state index in [1.807, 2.05) is 18.2 Å². The van der Waals surface area contributed by atoms with Gasteiger partial charge in [-0.25, -0.2) is 9.97 Å². The standard InChI is InChI=1S/C18H22N4O/c1-11-6-12(2)9-22(8-11)18-17-16(19-10-20-18)14-7-13(23-3)4-5-15(14)21-17/h4-5,7,10-12,21H,6,8-9H2,1-3H3/t11-,12-/m0/s1. The molecule has 1 saturated heterocycles. The SMILES string of the molecule is COc1ccc2[nH]c3c(N4C[C@@H](C)C[C@H](C)C4)ncnc3c2c1. The van der Waals surface area contributed by atoms with Gasteiger partial charge in [0.25, 0.3) is 0 Å². The van der Waals surface area contributed by atoms with Crippen molar-refractivity contribution in [2.24, 2.45) is 11.8 Å². The number of nitrogens with one attached hydrogen (secondary N) is 1. The van der Waals surface area contributed by atoms with Crippen molar-refractivity contribution in [3.63, 3.8) is 0 Å². The summed E-state index contributed by atoms with van der Waals surface area (Å²) in [5.41, 5.74) is 3.06. The maximum atomic E-state index is 5.35. The average molecular weight is 310 g/mol. The maximum Gasteiger partial charge on any atom is 0.156 e. The minimum Gasteiger partial charge on any atom is -0.497 e. The number of fused-ring (bicyclic) bond motifs is 3. The van der Waals surface area contributed by atoms with E-state index in [-0.39, 0.29) is 0 Å². The highest BCUT2D eigenvalue weighted by Crippen LogP contribution is 2.33. The smallest absolute Gasteiger partial charge is 0.156 e. The first-order chi connectivity index (χ1) is 11.2. The molecule has 5 heteroatoms. The van der Waals surface area contributed by atoms with Crippen LogP contribution in [0, 0.1) is 11.8 Å². The van der Waals surface area contributed by atoms with Crippen LogP contribution in [0.2, 0.25) is 0 Å². The van der Waals surface area contributed by atoms with Crippen LogP contribution in [-0.4, -0.2) is 35.2 Å². The molecule has 1 aliphatic heterocycles. The van der Waals surface area contributed by atoms with Crippen molar-refractivity contribution in [1.29, 1.82) is 0 Å². The van der Waals surface area contributed by atoms with Gasteiger partial charge < -0.3 is 14.6 Å². The van der Waals surface area contributed by atoms with Gasteiger partial charge >= 0.3 is 0 Å². The number of hydrogen-bond acceptors (Lipinski definition) is 4. The van der Waals surface area contributed by atoms with Crippen molar-refractivity contribution < 1.29 is 4.74 Å². The molecule has 5 nitrogen and oxygen atoms in total. The molecule has 1 aliphatic rings. The molecule has 120 valence electrons. The number of aromatic nitrogens is 3. The van der Waals surface area contributed by atoms with E-state index in [0.717, 1.165) is 46.6 Å². The number of hydrogen-bond donors (Lipinski definition) is 1. The molecule has 0 aliphatic carbocycles. The maximum absolute atomic E-state index is 5.35. The third-order valence-corrected chi connectivity index (χ3v) is 4.74. The van der Waals surface area contributed by atoms with Crippen molar-refractivity contribution in [3.8, 4) is 5.75 Å². The van der Waals surface area contributed by atoms with Gasteiger partial charge in [-0.05, 0) is 36.5 Å². The number of aromatic amines is 1. The van der Waals surface area contributed by atoms with Crippen LogP contribution in [0.3, 0.4) is 0 Å². The third-order valence-electron chi connectivity index (χ3n) is 4.74. The second-order valence-electron chi connectivity index (χ2n) is 6.81. The van der Waals surface area contributed by atoms with Crippen LogP contribution >= 0.6 is 0 Å². The molecule has 1 N–H and O–H groups in total. The first-order valence-electron chi connectivity index (χ1n) is 8.21. The zero-order valence-electron chi connectivity index (χ0n) is 13.8. The molecular weight excluding hydrogens is 288 g/mol. The Morgan fingerprint density at radius 3 is 2.70 bits per heavy atom. The molecule has 0 amide bonds. The Hall–Kier alpha value is -2.30. The summed E-state index contributed by atoms with van der Waals surface area (Å²) in [6.07, 6.45) is 2.96. The van der Waals surface area contributed by atoms with Crippen molar-refractivity contribution in [1.82, 2.24) is 15.0 Å². The summed E-state index contributed by atoms with van der Waals surface area (Å²) in [5.74, 6) is 3.24. The fourth-order valence-electron chi connectivity index (χ4n) is 3.86. The number of ether oxygens (including phenoxy) is 1. The lowest BCUT2D eigenvalue weighted by Gasteiger charge is -2.35. The van der Waals surface area contributed by atoms with E-state index in [9.17, 15) is 0 Å². The monoisotopic (exact) mass is 310 g/mol. The van der Waals surface area contributed by atoms with Gasteiger partial charge in [0.15, 0.2) is 5.82 Å². The number of anilines is 1. The van der Waals surface area contributed by atoms with Gasteiger partial charge in [-0.3, -0.25) is 0 Å². The summed E-state index contributed by atoms with van der Waals surface area (Å²) >= 11 is 0. The van der Waals surface area contributed by atoms with Gasteiger partial charge in [0.05, 0.1) is 7.11 Å². The number of rotatable bonds is 2. The Labute approximate surface area is 135 Å². The topological polar surface area (TPSA) is 54.0 Å². The lowest BCUT2D eigenvalue weighted by Crippen LogP contribution is -2.39. The van der Waals surface area contributed by atoms with Gasteiger partial charge in [-0.15, -0.1) is 0 Å². The predicted octanol–water partition coefficient (Wildman–Crippen LogP) is 3.60. The van der Waals surface area contributed by atoms with Crippen LogP contribution in [0.4, 0.5) is 5.82 Å². The largest absolute Gasteiger partial charge is 0.497 e. The van der Waals surface area contributed by atoms with Crippen LogP contribution in [0.25, 0.3) is 21.9 Å². The number of nitrogens with zero attached hydrogens (tertiary/aromatic N) is 3. The number of piperidine rings is 1. The quantitative estimate of drug-likeness (QED) is 0.786. The van der Waals surface area contributed by atoms with Crippen LogP contribution < -0.4 is 9.64 Å². The first-order valence-corrected chi connectivity index (χ1v) is 8.21. The average Bonchev–Trinajstić information content (AvgIpc) is 2.91. The van der Waals surface area contributed by atoms with E-state index in [1.165, 1.54) is 6.42 Å². The van der Waals surface area contributed by atoms with Gasteiger partial charge in [-0.1, -0.05) is 13.8 Å². The molecule has 23 heavy (non-hydrogen) atoms. The molecule has 0 spiro atoms. The summed E-state index contributed by atoms with van der Waals surface area (Å²) < 4.78 is 5.35. The van der Waals surface area contributed by atoms with E-state index in [1.54, 1.807) is 13.4 Å². The summed E-state index contributed by atoms with van der Waals surface area (Å²) in [4.78, 5) is 15.0. The normalized spacial score (nSPS) is 22.0. The second kappa shape index (κ2) is 5.41. The lowest BCUT2D eigenvalue weighted by molar-refractivity contribution is 0.356. The molecule has 1 aromatic carbocycles. The summed E-state index contributed by atoms with van der Waals surface area (Å²) in [7, 11) is 1.69. The van der Waals surface area contributed by atoms with Crippen LogP contribution in [0.1, 0.15) is 20.3 Å². The van der Waals surface area contributed by atoms with Crippen molar-refractivity contribution in [3.05, 3.63) is 24.5 Å². The zero-order valence-corrected chi connectivity index (χ0v) is 13.8. The number of benzene rings is 1. The molecular formula is C18H22N4O. The molecule has 3 heterocycles. The highest BCUT2D eigenvalue weighted by molar-refractivity contribution is 6.08. The Morgan fingerprint density at radius 1 is 1.17 bits per heavy atom. The molecule has 3 aromatic rings. The summed E-state index contributed by atoms with van der Waals surface area (Å²) in [6.45, 7) is 6.73. The van der Waals surface area contributed by atoms with E-state index in [2.05, 4.69) is 33.7 Å². The molecule has 2 aromatic heterocycles. The Balaban J connectivity index is 1.87. The van der Waals surface area contributed by atoms with Crippen LogP contribution in [-0.2, 0) is 0 Å². The fourth-order valence-corrected chi connectivity index (χ4v) is 3.86. The number of H-pyrrole nitrogens is 1. The molecule has 1 fully saturated rings. The summed E-state index contributed by atoms with van der Waals surface area (Å²) in [6, 6.07) is 6.04. The lowest BCUT2D eigenvalue weighted by atomic mass is 9.92. The van der Waals surface area contributed by atoms with Crippen LogP contribution in [0.5, 0.6) is 5.75 Å². The third kappa shape index (κ3) is 2.40. The van der Waals surface area contributed by atoms with Gasteiger partial charge in [0, 0.05) is 24.0 Å². The minimum atomic E-state index is 0.688.